The van der Waals surface area contributed by atoms with Crippen molar-refractivity contribution in [2.24, 2.45) is 7.05 Å². The Labute approximate surface area is 162 Å². The summed E-state index contributed by atoms with van der Waals surface area (Å²) >= 11 is 4.39. The molecule has 2 amide bonds. The van der Waals surface area contributed by atoms with E-state index in [-0.39, 0.29) is 10.0 Å². The van der Waals surface area contributed by atoms with Gasteiger partial charge in [-0.15, -0.1) is 0 Å². The van der Waals surface area contributed by atoms with Crippen molar-refractivity contribution in [3.8, 4) is 5.75 Å². The molecule has 0 aliphatic carbocycles. The molecule has 0 bridgehead atoms. The molecule has 26 heavy (non-hydrogen) atoms. The van der Waals surface area contributed by atoms with Gasteiger partial charge in [-0.3, -0.25) is 5.32 Å². The first-order valence-corrected chi connectivity index (χ1v) is 10.6. The largest absolute Gasteiger partial charge is 0.492 e. The van der Waals surface area contributed by atoms with Crippen molar-refractivity contribution in [1.82, 2.24) is 14.3 Å². The van der Waals surface area contributed by atoms with Crippen LogP contribution in [-0.2, 0) is 17.1 Å². The van der Waals surface area contributed by atoms with Crippen molar-refractivity contribution in [3.05, 3.63) is 34.4 Å². The monoisotopic (exact) mass is 458 g/mol. The van der Waals surface area contributed by atoms with E-state index in [2.05, 4.69) is 26.2 Å². The number of thiazole rings is 1. The van der Waals surface area contributed by atoms with E-state index in [0.29, 0.717) is 27.0 Å². The van der Waals surface area contributed by atoms with Gasteiger partial charge in [-0.2, -0.15) is 0 Å². The van der Waals surface area contributed by atoms with Gasteiger partial charge in [-0.1, -0.05) is 23.5 Å². The zero-order valence-corrected chi connectivity index (χ0v) is 17.0. The van der Waals surface area contributed by atoms with E-state index >= 15 is 0 Å². The van der Waals surface area contributed by atoms with Gasteiger partial charge in [-0.05, 0) is 28.9 Å². The summed E-state index contributed by atoms with van der Waals surface area (Å²) in [4.78, 5) is 16.0. The number of hydrogen-bond acceptors (Lipinski definition) is 6. The van der Waals surface area contributed by atoms with Gasteiger partial charge < -0.3 is 9.30 Å². The minimum absolute atomic E-state index is 0.00739. The Morgan fingerprint density at radius 2 is 2.19 bits per heavy atom. The summed E-state index contributed by atoms with van der Waals surface area (Å²) in [5, 5.41) is 3.14. The van der Waals surface area contributed by atoms with Crippen LogP contribution < -0.4 is 14.8 Å². The molecule has 1 aromatic carbocycles. The number of carbonyl (C=O) groups is 1. The van der Waals surface area contributed by atoms with Crippen LogP contribution in [-0.4, -0.2) is 30.6 Å². The predicted octanol–water partition coefficient (Wildman–Crippen LogP) is 3.31. The van der Waals surface area contributed by atoms with E-state index in [9.17, 15) is 13.2 Å². The molecular weight excluding hydrogens is 444 g/mol. The fourth-order valence-corrected chi connectivity index (χ4v) is 4.75. The highest BCUT2D eigenvalue weighted by Crippen LogP contribution is 2.31. The third-order valence-corrected chi connectivity index (χ3v) is 6.19. The van der Waals surface area contributed by atoms with Gasteiger partial charge in [0.1, 0.15) is 10.6 Å². The molecule has 0 unspecified atom stereocenters. The highest BCUT2D eigenvalue weighted by molar-refractivity contribution is 9.11. The summed E-state index contributed by atoms with van der Waals surface area (Å²) < 4.78 is 35.3. The van der Waals surface area contributed by atoms with Crippen LogP contribution in [0.3, 0.4) is 0 Å². The average molecular weight is 459 g/mol. The number of benzene rings is 1. The molecule has 0 fully saturated rings. The van der Waals surface area contributed by atoms with Crippen LogP contribution in [0.2, 0.25) is 0 Å². The Bertz CT molecular complexity index is 1070. The Kier molecular flexibility index (Phi) is 5.21. The number of hydrogen-bond donors (Lipinski definition) is 2. The van der Waals surface area contributed by atoms with E-state index in [0.717, 1.165) is 0 Å². The van der Waals surface area contributed by atoms with Crippen LogP contribution >= 0.6 is 27.3 Å². The Morgan fingerprint density at radius 3 is 2.85 bits per heavy atom. The number of halogens is 1. The number of sulfonamides is 1. The van der Waals surface area contributed by atoms with Crippen molar-refractivity contribution < 1.29 is 17.9 Å². The zero-order chi connectivity index (χ0) is 18.9. The normalized spacial score (nSPS) is 11.5. The molecule has 3 rings (SSSR count). The molecule has 2 heterocycles. The second kappa shape index (κ2) is 7.25. The van der Waals surface area contributed by atoms with E-state index in [4.69, 9.17) is 4.74 Å². The smallest absolute Gasteiger partial charge is 0.334 e. The van der Waals surface area contributed by atoms with Crippen molar-refractivity contribution in [2.45, 2.75) is 11.8 Å². The SMILES string of the molecule is CCOc1cccc2c(S(=O)(=O)NC(=O)Nc3ncc(Br)s3)cn(C)c12. The number of nitrogens with one attached hydrogen (secondary N) is 2. The Balaban J connectivity index is 1.92. The third kappa shape index (κ3) is 3.69. The number of amides is 2. The number of rotatable bonds is 5. The molecule has 0 spiro atoms. The minimum Gasteiger partial charge on any atom is -0.492 e. The zero-order valence-electron chi connectivity index (χ0n) is 13.8. The summed E-state index contributed by atoms with van der Waals surface area (Å²) in [6.07, 6.45) is 2.96. The lowest BCUT2D eigenvalue weighted by molar-refractivity contribution is 0.256. The van der Waals surface area contributed by atoms with Gasteiger partial charge in [-0.25, -0.2) is 22.9 Å². The quantitative estimate of drug-likeness (QED) is 0.610. The van der Waals surface area contributed by atoms with Crippen LogP contribution in [0.4, 0.5) is 9.93 Å². The van der Waals surface area contributed by atoms with Crippen molar-refractivity contribution in [1.29, 1.82) is 0 Å². The summed E-state index contributed by atoms with van der Waals surface area (Å²) in [5.41, 5.74) is 0.638. The van der Waals surface area contributed by atoms with Crippen LogP contribution in [0.15, 0.2) is 39.3 Å². The van der Waals surface area contributed by atoms with E-state index in [1.54, 1.807) is 29.8 Å². The molecule has 0 aliphatic heterocycles. The molecule has 11 heteroatoms. The van der Waals surface area contributed by atoms with Crippen LogP contribution in [0, 0.1) is 0 Å². The van der Waals surface area contributed by atoms with Crippen LogP contribution in [0.25, 0.3) is 10.9 Å². The molecule has 0 saturated heterocycles. The maximum Gasteiger partial charge on any atom is 0.334 e. The maximum absolute atomic E-state index is 12.7. The number of aryl methyl sites for hydroxylation is 1. The van der Waals surface area contributed by atoms with E-state index in [1.165, 1.54) is 23.7 Å². The van der Waals surface area contributed by atoms with E-state index < -0.39 is 16.1 Å². The highest BCUT2D eigenvalue weighted by atomic mass is 79.9. The molecule has 0 saturated carbocycles. The molecule has 0 aliphatic rings. The average Bonchev–Trinajstić information content (AvgIpc) is 3.12. The number of ether oxygens (including phenoxy) is 1. The highest BCUT2D eigenvalue weighted by Gasteiger charge is 2.24. The van der Waals surface area contributed by atoms with Gasteiger partial charge in [0.2, 0.25) is 0 Å². The van der Waals surface area contributed by atoms with Crippen molar-refractivity contribution in [2.75, 3.05) is 11.9 Å². The van der Waals surface area contributed by atoms with Gasteiger partial charge in [0, 0.05) is 18.6 Å². The van der Waals surface area contributed by atoms with Crippen LogP contribution in [0.5, 0.6) is 5.75 Å². The lowest BCUT2D eigenvalue weighted by atomic mass is 10.2. The number of carbonyl (C=O) groups excluding carboxylic acids is 1. The second-order valence-electron chi connectivity index (χ2n) is 5.22. The lowest BCUT2D eigenvalue weighted by Crippen LogP contribution is -2.34. The molecular formula is C15H15BrN4O4S2. The van der Waals surface area contributed by atoms with Crippen LogP contribution in [0.1, 0.15) is 6.92 Å². The minimum atomic E-state index is -4.08. The molecule has 0 atom stereocenters. The molecule has 2 aromatic heterocycles. The van der Waals surface area contributed by atoms with Gasteiger partial charge in [0.15, 0.2) is 5.13 Å². The lowest BCUT2D eigenvalue weighted by Gasteiger charge is -2.07. The van der Waals surface area contributed by atoms with Gasteiger partial charge in [0.25, 0.3) is 10.0 Å². The predicted molar refractivity (Wildman–Crippen MR) is 103 cm³/mol. The van der Waals surface area contributed by atoms with Crippen molar-refractivity contribution in [3.63, 3.8) is 0 Å². The molecule has 138 valence electrons. The van der Waals surface area contributed by atoms with Gasteiger partial charge in [0.05, 0.1) is 22.1 Å². The number of para-hydroxylation sites is 1. The Hall–Kier alpha value is -2.11. The summed E-state index contributed by atoms with van der Waals surface area (Å²) in [6, 6.07) is 4.26. The number of fused-ring (bicyclic) bond motifs is 1. The Morgan fingerprint density at radius 1 is 1.42 bits per heavy atom. The number of urea groups is 1. The molecule has 0 radical (unpaired) electrons. The molecule has 2 N–H and O–H groups in total. The van der Waals surface area contributed by atoms with Crippen molar-refractivity contribution >= 4 is 59.4 Å². The third-order valence-electron chi connectivity index (χ3n) is 3.44. The maximum atomic E-state index is 12.7. The topological polar surface area (TPSA) is 102 Å². The van der Waals surface area contributed by atoms with Gasteiger partial charge >= 0.3 is 6.03 Å². The fourth-order valence-electron chi connectivity index (χ4n) is 2.49. The van der Waals surface area contributed by atoms with E-state index in [1.807, 2.05) is 11.6 Å². The number of aromatic nitrogens is 2. The first-order chi connectivity index (χ1) is 12.3. The summed E-state index contributed by atoms with van der Waals surface area (Å²) in [7, 11) is -2.36. The standard InChI is InChI=1S/C15H15BrN4O4S2/c1-3-24-10-6-4-5-9-11(8-20(2)13(9)10)26(22,23)19-14(21)18-15-17-7-12(16)25-15/h4-8H,3H2,1-2H3,(H2,17,18,19,21). The first kappa shape index (κ1) is 18.7. The first-order valence-electron chi connectivity index (χ1n) is 7.48. The second-order valence-corrected chi connectivity index (χ2v) is 9.28. The summed E-state index contributed by atoms with van der Waals surface area (Å²) in [6.45, 7) is 2.30. The number of anilines is 1. The summed E-state index contributed by atoms with van der Waals surface area (Å²) in [5.74, 6) is 0.575. The fraction of sp³-hybridized carbons (Fsp3) is 0.200. The number of nitrogens with zero attached hydrogens (tertiary/aromatic N) is 2. The molecule has 3 aromatic rings. The molecule has 8 nitrogen and oxygen atoms in total.